The Balaban J connectivity index is 2.68. The molecule has 1 aliphatic rings. The molecule has 1 saturated heterocycles. The minimum absolute atomic E-state index is 0.431. The predicted molar refractivity (Wildman–Crippen MR) is 56.8 cm³/mol. The molecule has 1 atom stereocenters. The molecule has 16 heavy (non-hydrogen) atoms. The summed E-state index contributed by atoms with van der Waals surface area (Å²) in [6.45, 7) is 5.67. The second kappa shape index (κ2) is 4.59. The number of nitrogens with zero attached hydrogens (tertiary/aromatic N) is 2. The van der Waals surface area contributed by atoms with Crippen LogP contribution in [0.25, 0.3) is 0 Å². The van der Waals surface area contributed by atoms with Crippen molar-refractivity contribution < 1.29 is 14.3 Å². The second-order valence-corrected chi connectivity index (χ2v) is 4.76. The van der Waals surface area contributed by atoms with Crippen molar-refractivity contribution in [1.29, 1.82) is 0 Å². The van der Waals surface area contributed by atoms with Crippen LogP contribution in [0.2, 0.25) is 0 Å². The number of hydrogen-bond acceptors (Lipinski definition) is 4. The maximum atomic E-state index is 11.7. The molecule has 1 fully saturated rings. The van der Waals surface area contributed by atoms with Gasteiger partial charge in [0.1, 0.15) is 11.6 Å². The SMILES string of the molecule is CC(C)(C)OC(=O)N1CCC[C@H]1C(=O)N=O. The van der Waals surface area contributed by atoms with Crippen molar-refractivity contribution in [3.05, 3.63) is 4.91 Å². The number of nitroso groups, excluding NO2 is 1. The fraction of sp³-hybridized carbons (Fsp3) is 0.800. The van der Waals surface area contributed by atoms with Gasteiger partial charge >= 0.3 is 12.0 Å². The molecule has 1 rings (SSSR count). The molecule has 0 radical (unpaired) electrons. The molecule has 2 amide bonds. The topological polar surface area (TPSA) is 76.0 Å². The van der Waals surface area contributed by atoms with Gasteiger partial charge < -0.3 is 4.74 Å². The van der Waals surface area contributed by atoms with E-state index in [1.165, 1.54) is 4.90 Å². The van der Waals surface area contributed by atoms with Crippen LogP contribution in [-0.2, 0) is 9.53 Å². The summed E-state index contributed by atoms with van der Waals surface area (Å²) in [6.07, 6.45) is 0.599. The molecule has 0 spiro atoms. The van der Waals surface area contributed by atoms with Gasteiger partial charge in [-0.15, -0.1) is 4.91 Å². The molecule has 0 bridgehead atoms. The van der Waals surface area contributed by atoms with Crippen LogP contribution in [0, 0.1) is 4.91 Å². The normalized spacial score (nSPS) is 20.7. The Morgan fingerprint density at radius 2 is 2.00 bits per heavy atom. The van der Waals surface area contributed by atoms with Crippen LogP contribution in [0.15, 0.2) is 5.18 Å². The van der Waals surface area contributed by atoms with Crippen LogP contribution in [0.4, 0.5) is 4.79 Å². The Labute approximate surface area is 93.9 Å². The summed E-state index contributed by atoms with van der Waals surface area (Å²) in [5, 5.41) is 2.36. The van der Waals surface area contributed by atoms with E-state index in [9.17, 15) is 14.5 Å². The molecule has 0 aromatic carbocycles. The standard InChI is InChI=1S/C10H16N2O4/c1-10(2,3)16-9(14)12-6-4-5-7(12)8(13)11-15/h7H,4-6H2,1-3H3/t7-/m0/s1. The lowest BCUT2D eigenvalue weighted by Gasteiger charge is -2.26. The van der Waals surface area contributed by atoms with E-state index in [4.69, 9.17) is 4.74 Å². The summed E-state index contributed by atoms with van der Waals surface area (Å²) in [5.41, 5.74) is -0.609. The van der Waals surface area contributed by atoms with Crippen LogP contribution >= 0.6 is 0 Å². The average Bonchev–Trinajstić information content (AvgIpc) is 2.62. The van der Waals surface area contributed by atoms with Gasteiger partial charge in [0.15, 0.2) is 0 Å². The molecule has 0 saturated carbocycles. The van der Waals surface area contributed by atoms with Crippen molar-refractivity contribution in [2.24, 2.45) is 5.18 Å². The molecule has 0 unspecified atom stereocenters. The number of carbonyl (C=O) groups is 2. The van der Waals surface area contributed by atoms with Gasteiger partial charge in [-0.1, -0.05) is 0 Å². The van der Waals surface area contributed by atoms with E-state index >= 15 is 0 Å². The third-order valence-electron chi connectivity index (χ3n) is 2.26. The third-order valence-corrected chi connectivity index (χ3v) is 2.26. The molecule has 0 N–H and O–H groups in total. The number of carbonyl (C=O) groups excluding carboxylic acids is 2. The Hall–Kier alpha value is -1.46. The van der Waals surface area contributed by atoms with Gasteiger partial charge in [-0.2, -0.15) is 0 Å². The molecule has 0 aliphatic carbocycles. The molecule has 1 aliphatic heterocycles. The summed E-state index contributed by atoms with van der Waals surface area (Å²) < 4.78 is 5.14. The predicted octanol–water partition coefficient (Wildman–Crippen LogP) is 1.68. The minimum Gasteiger partial charge on any atom is -0.444 e. The lowest BCUT2D eigenvalue weighted by molar-refractivity contribution is -0.122. The van der Waals surface area contributed by atoms with Gasteiger partial charge in [0.05, 0.1) is 0 Å². The summed E-state index contributed by atoms with van der Waals surface area (Å²) >= 11 is 0. The van der Waals surface area contributed by atoms with Crippen LogP contribution in [0.3, 0.4) is 0 Å². The summed E-state index contributed by atoms with van der Waals surface area (Å²) in [4.78, 5) is 34.3. The monoisotopic (exact) mass is 228 g/mol. The average molecular weight is 228 g/mol. The maximum absolute atomic E-state index is 11.7. The first-order valence-electron chi connectivity index (χ1n) is 5.22. The van der Waals surface area contributed by atoms with E-state index in [1.807, 2.05) is 0 Å². The van der Waals surface area contributed by atoms with E-state index < -0.39 is 23.6 Å². The Morgan fingerprint density at radius 3 is 2.50 bits per heavy atom. The van der Waals surface area contributed by atoms with Gasteiger partial charge in [0.25, 0.3) is 0 Å². The van der Waals surface area contributed by atoms with Crippen LogP contribution in [0.1, 0.15) is 33.6 Å². The molecule has 0 aromatic rings. The van der Waals surface area contributed by atoms with Crippen molar-refractivity contribution in [2.45, 2.75) is 45.3 Å². The molecule has 90 valence electrons. The van der Waals surface area contributed by atoms with E-state index in [0.29, 0.717) is 19.4 Å². The first-order chi connectivity index (χ1) is 7.35. The minimum atomic E-state index is -0.802. The summed E-state index contributed by atoms with van der Waals surface area (Å²) in [6, 6.07) is -0.743. The van der Waals surface area contributed by atoms with Crippen molar-refractivity contribution in [3.63, 3.8) is 0 Å². The van der Waals surface area contributed by atoms with E-state index in [2.05, 4.69) is 5.18 Å². The molecule has 6 heteroatoms. The third kappa shape index (κ3) is 3.01. The molecular weight excluding hydrogens is 212 g/mol. The first-order valence-corrected chi connectivity index (χ1v) is 5.22. The number of likely N-dealkylation sites (tertiary alicyclic amines) is 1. The molecular formula is C10H16N2O4. The molecule has 6 nitrogen and oxygen atoms in total. The zero-order valence-electron chi connectivity index (χ0n) is 9.73. The van der Waals surface area contributed by atoms with Crippen molar-refractivity contribution in [3.8, 4) is 0 Å². The van der Waals surface area contributed by atoms with Crippen LogP contribution < -0.4 is 0 Å². The Bertz CT molecular complexity index is 308. The van der Waals surface area contributed by atoms with Gasteiger partial charge in [0, 0.05) is 11.7 Å². The fourth-order valence-electron chi connectivity index (χ4n) is 1.62. The van der Waals surface area contributed by atoms with Crippen molar-refractivity contribution >= 4 is 12.0 Å². The van der Waals surface area contributed by atoms with E-state index in [-0.39, 0.29) is 0 Å². The van der Waals surface area contributed by atoms with Gasteiger partial charge in [-0.05, 0) is 33.6 Å². The molecule has 0 aromatic heterocycles. The molecule has 1 heterocycles. The highest BCUT2D eigenvalue weighted by Crippen LogP contribution is 2.21. The van der Waals surface area contributed by atoms with Gasteiger partial charge in [0.2, 0.25) is 0 Å². The fourth-order valence-corrected chi connectivity index (χ4v) is 1.62. The number of ether oxygens (including phenoxy) is 1. The Kier molecular flexibility index (Phi) is 3.62. The van der Waals surface area contributed by atoms with Crippen molar-refractivity contribution in [1.82, 2.24) is 4.90 Å². The summed E-state index contributed by atoms with van der Waals surface area (Å²) in [5.74, 6) is -0.802. The van der Waals surface area contributed by atoms with E-state index in [1.54, 1.807) is 20.8 Å². The zero-order valence-corrected chi connectivity index (χ0v) is 9.73. The van der Waals surface area contributed by atoms with E-state index in [0.717, 1.165) is 0 Å². The first kappa shape index (κ1) is 12.6. The zero-order chi connectivity index (χ0) is 12.3. The largest absolute Gasteiger partial charge is 0.444 e. The Morgan fingerprint density at radius 1 is 1.38 bits per heavy atom. The lowest BCUT2D eigenvalue weighted by atomic mass is 10.2. The highest BCUT2D eigenvalue weighted by atomic mass is 16.6. The number of hydrogen-bond donors (Lipinski definition) is 0. The lowest BCUT2D eigenvalue weighted by Crippen LogP contribution is -2.42. The smallest absolute Gasteiger partial charge is 0.410 e. The number of amides is 2. The summed E-state index contributed by atoms with van der Waals surface area (Å²) in [7, 11) is 0. The van der Waals surface area contributed by atoms with Crippen LogP contribution in [-0.4, -0.2) is 35.1 Å². The van der Waals surface area contributed by atoms with Crippen molar-refractivity contribution in [2.75, 3.05) is 6.54 Å². The highest BCUT2D eigenvalue weighted by molar-refractivity contribution is 5.86. The quantitative estimate of drug-likeness (QED) is 0.640. The maximum Gasteiger partial charge on any atom is 0.410 e. The number of rotatable bonds is 1. The van der Waals surface area contributed by atoms with Crippen LogP contribution in [0.5, 0.6) is 0 Å². The van der Waals surface area contributed by atoms with Gasteiger partial charge in [-0.3, -0.25) is 9.69 Å². The highest BCUT2D eigenvalue weighted by Gasteiger charge is 2.37. The van der Waals surface area contributed by atoms with Gasteiger partial charge in [-0.25, -0.2) is 4.79 Å². The second-order valence-electron chi connectivity index (χ2n) is 4.76.